The summed E-state index contributed by atoms with van der Waals surface area (Å²) in [4.78, 5) is 30.8. The molecule has 39 heavy (non-hydrogen) atoms. The number of hydrogen-bond donors (Lipinski definition) is 0. The SMILES string of the molecule is CC(c1nc(-c2ccc(C#N)cc2)cs1)C(Cn1cncn1)(OCOP(=O)([O-])[O-])c1ccc(F)cc1F.[Na+].[Na+]. The Kier molecular flexibility index (Phi) is 12.6. The van der Waals surface area contributed by atoms with Gasteiger partial charge in [0.15, 0.2) is 6.79 Å². The molecule has 2 heterocycles. The van der Waals surface area contributed by atoms with Crippen LogP contribution in [-0.2, 0) is 26.0 Å². The summed E-state index contributed by atoms with van der Waals surface area (Å²) in [5.41, 5.74) is -0.117. The van der Waals surface area contributed by atoms with Crippen molar-refractivity contribution >= 4 is 19.2 Å². The van der Waals surface area contributed by atoms with Crippen LogP contribution in [-0.4, -0.2) is 26.5 Å². The van der Waals surface area contributed by atoms with E-state index in [1.165, 1.54) is 34.7 Å². The largest absolute Gasteiger partial charge is 1.00 e. The first-order valence-corrected chi connectivity index (χ1v) is 13.0. The molecule has 0 amide bonds. The van der Waals surface area contributed by atoms with Crippen molar-refractivity contribution in [2.24, 2.45) is 0 Å². The van der Waals surface area contributed by atoms with E-state index in [1.807, 2.05) is 6.07 Å². The van der Waals surface area contributed by atoms with Gasteiger partial charge in [-0.3, -0.25) is 0 Å². The second-order valence-corrected chi connectivity index (χ2v) is 9.97. The molecule has 0 saturated carbocycles. The third-order valence-corrected chi connectivity index (χ3v) is 7.13. The Hall–Kier alpha value is -1.37. The summed E-state index contributed by atoms with van der Waals surface area (Å²) >= 11 is 1.23. The number of nitrogens with zero attached hydrogens (tertiary/aromatic N) is 5. The summed E-state index contributed by atoms with van der Waals surface area (Å²) < 4.78 is 51.6. The van der Waals surface area contributed by atoms with Crippen LogP contribution in [0.1, 0.15) is 29.0 Å². The first-order valence-electron chi connectivity index (χ1n) is 10.7. The topological polar surface area (TPSA) is 149 Å². The molecule has 4 rings (SSSR count). The van der Waals surface area contributed by atoms with Crippen LogP contribution in [0.3, 0.4) is 0 Å². The number of halogens is 2. The number of benzene rings is 2. The van der Waals surface area contributed by atoms with Gasteiger partial charge in [0.2, 0.25) is 0 Å². The minimum Gasteiger partial charge on any atom is -0.790 e. The summed E-state index contributed by atoms with van der Waals surface area (Å²) in [5, 5.41) is 15.3. The van der Waals surface area contributed by atoms with E-state index in [4.69, 9.17) is 10.00 Å². The van der Waals surface area contributed by atoms with Crippen molar-refractivity contribution in [1.82, 2.24) is 19.7 Å². The van der Waals surface area contributed by atoms with Gasteiger partial charge in [0.25, 0.3) is 0 Å². The molecule has 2 aromatic heterocycles. The Balaban J connectivity index is 0.00000267. The van der Waals surface area contributed by atoms with E-state index >= 15 is 4.39 Å². The van der Waals surface area contributed by atoms with Crippen molar-refractivity contribution in [1.29, 1.82) is 5.26 Å². The number of ether oxygens (including phenoxy) is 1. The smallest absolute Gasteiger partial charge is 0.790 e. The fourth-order valence-corrected chi connectivity index (χ4v) is 4.97. The van der Waals surface area contributed by atoms with Gasteiger partial charge < -0.3 is 23.6 Å². The molecule has 0 aliphatic carbocycles. The van der Waals surface area contributed by atoms with Gasteiger partial charge in [-0.1, -0.05) is 25.1 Å². The molecule has 10 nitrogen and oxygen atoms in total. The molecule has 0 fully saturated rings. The predicted octanol–water partition coefficient (Wildman–Crippen LogP) is -2.92. The summed E-state index contributed by atoms with van der Waals surface area (Å²) in [6, 6.07) is 11.7. The van der Waals surface area contributed by atoms with Crippen molar-refractivity contribution < 1.29 is 91.5 Å². The molecular formula is C23H18F2N5Na2O5PS. The Labute approximate surface area is 270 Å². The van der Waals surface area contributed by atoms with E-state index in [2.05, 4.69) is 19.6 Å². The Morgan fingerprint density at radius 2 is 1.92 bits per heavy atom. The van der Waals surface area contributed by atoms with Crippen molar-refractivity contribution in [3.05, 3.63) is 88.3 Å². The first-order chi connectivity index (χ1) is 17.6. The number of nitriles is 1. The summed E-state index contributed by atoms with van der Waals surface area (Å²) in [5.74, 6) is -2.60. The van der Waals surface area contributed by atoms with Gasteiger partial charge in [-0.25, -0.2) is 23.4 Å². The third-order valence-electron chi connectivity index (χ3n) is 5.68. The zero-order valence-corrected chi connectivity index (χ0v) is 26.9. The van der Waals surface area contributed by atoms with Gasteiger partial charge in [0, 0.05) is 28.5 Å². The molecular weight excluding hydrogens is 573 g/mol. The zero-order chi connectivity index (χ0) is 26.6. The maximum atomic E-state index is 15.2. The van der Waals surface area contributed by atoms with Crippen LogP contribution in [0, 0.1) is 23.0 Å². The minimum absolute atomic E-state index is 0. The number of aromatic nitrogens is 4. The average Bonchev–Trinajstić information content (AvgIpc) is 3.55. The summed E-state index contributed by atoms with van der Waals surface area (Å²) in [6.45, 7) is 0.414. The zero-order valence-electron chi connectivity index (χ0n) is 21.2. The molecule has 0 aliphatic rings. The maximum absolute atomic E-state index is 15.2. The van der Waals surface area contributed by atoms with Crippen molar-refractivity contribution in [2.75, 3.05) is 6.79 Å². The van der Waals surface area contributed by atoms with Gasteiger partial charge in [-0.05, 0) is 18.2 Å². The number of phosphoric acid groups is 1. The van der Waals surface area contributed by atoms with Crippen molar-refractivity contribution in [2.45, 2.75) is 25.0 Å². The Morgan fingerprint density at radius 1 is 1.21 bits per heavy atom. The van der Waals surface area contributed by atoms with Crippen LogP contribution >= 0.6 is 19.2 Å². The quantitative estimate of drug-likeness (QED) is 0.107. The summed E-state index contributed by atoms with van der Waals surface area (Å²) in [7, 11) is -5.43. The normalized spacial score (nSPS) is 13.4. The standard InChI is InChI=1S/C23H20F2N5O5PS.2Na/c1-15(22-29-21(10-37-22)17-4-2-16(9-26)3-5-17)23(11-30-13-27-12-28-30,34-14-35-36(31,32)33)19-7-6-18(24)8-20(19)25;;/h2-8,10,12-13,15H,11,14H2,1H3,(H2,31,32,33);;/q;2*+1/p-2. The van der Waals surface area contributed by atoms with E-state index in [0.29, 0.717) is 22.3 Å². The molecule has 192 valence electrons. The van der Waals surface area contributed by atoms with Gasteiger partial charge in [-0.15, -0.1) is 11.3 Å². The van der Waals surface area contributed by atoms with Crippen molar-refractivity contribution in [3.8, 4) is 17.3 Å². The first kappa shape index (κ1) is 33.8. The van der Waals surface area contributed by atoms with E-state index < -0.39 is 37.8 Å². The van der Waals surface area contributed by atoms with E-state index in [9.17, 15) is 18.7 Å². The molecule has 0 radical (unpaired) electrons. The van der Waals surface area contributed by atoms with Crippen LogP contribution in [0.5, 0.6) is 0 Å². The number of hydrogen-bond acceptors (Lipinski definition) is 10. The van der Waals surface area contributed by atoms with Gasteiger partial charge in [-0.2, -0.15) is 10.4 Å². The monoisotopic (exact) mass is 591 g/mol. The summed E-state index contributed by atoms with van der Waals surface area (Å²) in [6.07, 6.45) is 2.58. The van der Waals surface area contributed by atoms with Crippen LogP contribution < -0.4 is 68.9 Å². The predicted molar refractivity (Wildman–Crippen MR) is 123 cm³/mol. The second-order valence-electron chi connectivity index (χ2n) is 7.93. The Bertz CT molecular complexity index is 1470. The van der Waals surface area contributed by atoms with Crippen LogP contribution in [0.4, 0.5) is 8.78 Å². The molecule has 0 N–H and O–H groups in total. The molecule has 0 saturated heterocycles. The molecule has 2 unspecified atom stereocenters. The fourth-order valence-electron chi connectivity index (χ4n) is 3.82. The van der Waals surface area contributed by atoms with E-state index in [0.717, 1.165) is 11.6 Å². The van der Waals surface area contributed by atoms with Gasteiger partial charge in [0.1, 0.15) is 29.9 Å². The third kappa shape index (κ3) is 8.33. The molecule has 0 spiro atoms. The molecule has 0 aliphatic heterocycles. The molecule has 16 heteroatoms. The van der Waals surface area contributed by atoms with Gasteiger partial charge >= 0.3 is 59.1 Å². The second kappa shape index (κ2) is 14.5. The van der Waals surface area contributed by atoms with E-state index in [1.54, 1.807) is 36.6 Å². The van der Waals surface area contributed by atoms with Crippen molar-refractivity contribution in [3.63, 3.8) is 0 Å². The minimum atomic E-state index is -5.43. The van der Waals surface area contributed by atoms with Crippen LogP contribution in [0.2, 0.25) is 0 Å². The molecule has 4 aromatic rings. The van der Waals surface area contributed by atoms with Crippen LogP contribution in [0.15, 0.2) is 60.5 Å². The number of thiazole rings is 1. The average molecular weight is 591 g/mol. The van der Waals surface area contributed by atoms with Gasteiger partial charge in [0.05, 0.1) is 36.7 Å². The molecule has 0 bridgehead atoms. The Morgan fingerprint density at radius 3 is 2.51 bits per heavy atom. The fraction of sp³-hybridized carbons (Fsp3) is 0.217. The van der Waals surface area contributed by atoms with Crippen LogP contribution in [0.25, 0.3) is 11.3 Å². The number of phosphoric ester groups is 1. The number of rotatable bonds is 10. The molecule has 2 atom stereocenters. The maximum Gasteiger partial charge on any atom is 1.00 e. The molecule has 2 aromatic carbocycles. The van der Waals surface area contributed by atoms with E-state index in [-0.39, 0.29) is 71.2 Å².